The number of benzene rings is 1. The van der Waals surface area contributed by atoms with Crippen molar-refractivity contribution in [3.05, 3.63) is 26.7 Å². The SMILES string of the molecule is COc1c(C)c(Br)cc(C=O)c1Cl. The van der Waals surface area contributed by atoms with Crippen LogP contribution in [-0.4, -0.2) is 13.4 Å². The second-order valence-electron chi connectivity index (χ2n) is 2.54. The quantitative estimate of drug-likeness (QED) is 0.766. The lowest BCUT2D eigenvalue weighted by molar-refractivity contribution is 0.112. The van der Waals surface area contributed by atoms with Gasteiger partial charge in [0.15, 0.2) is 6.29 Å². The summed E-state index contributed by atoms with van der Waals surface area (Å²) in [5.41, 5.74) is 1.31. The molecule has 0 unspecified atom stereocenters. The van der Waals surface area contributed by atoms with Crippen molar-refractivity contribution in [1.29, 1.82) is 0 Å². The van der Waals surface area contributed by atoms with Crippen molar-refractivity contribution in [1.82, 2.24) is 0 Å². The van der Waals surface area contributed by atoms with Crippen LogP contribution in [0, 0.1) is 6.92 Å². The van der Waals surface area contributed by atoms with Crippen LogP contribution in [0.5, 0.6) is 5.75 Å². The van der Waals surface area contributed by atoms with Crippen LogP contribution in [0.25, 0.3) is 0 Å². The van der Waals surface area contributed by atoms with Crippen LogP contribution >= 0.6 is 27.5 Å². The maximum Gasteiger partial charge on any atom is 0.151 e. The lowest BCUT2D eigenvalue weighted by Crippen LogP contribution is -1.93. The van der Waals surface area contributed by atoms with Gasteiger partial charge in [0.1, 0.15) is 5.75 Å². The summed E-state index contributed by atoms with van der Waals surface area (Å²) in [7, 11) is 1.52. The third-order valence-electron chi connectivity index (χ3n) is 1.76. The molecule has 1 aromatic carbocycles. The molecule has 13 heavy (non-hydrogen) atoms. The largest absolute Gasteiger partial charge is 0.495 e. The van der Waals surface area contributed by atoms with Crippen LogP contribution in [0.3, 0.4) is 0 Å². The van der Waals surface area contributed by atoms with Gasteiger partial charge >= 0.3 is 0 Å². The van der Waals surface area contributed by atoms with Crippen molar-refractivity contribution >= 4 is 33.8 Å². The van der Waals surface area contributed by atoms with Crippen molar-refractivity contribution < 1.29 is 9.53 Å². The molecule has 4 heteroatoms. The fraction of sp³-hybridized carbons (Fsp3) is 0.222. The van der Waals surface area contributed by atoms with Crippen LogP contribution < -0.4 is 4.74 Å². The average molecular weight is 264 g/mol. The van der Waals surface area contributed by atoms with E-state index in [4.69, 9.17) is 16.3 Å². The summed E-state index contributed by atoms with van der Waals surface area (Å²) in [5, 5.41) is 0.359. The Morgan fingerprint density at radius 2 is 2.23 bits per heavy atom. The number of hydrogen-bond donors (Lipinski definition) is 0. The highest BCUT2D eigenvalue weighted by Crippen LogP contribution is 2.35. The lowest BCUT2D eigenvalue weighted by Gasteiger charge is -2.10. The van der Waals surface area contributed by atoms with Gasteiger partial charge in [-0.3, -0.25) is 4.79 Å². The van der Waals surface area contributed by atoms with E-state index in [0.29, 0.717) is 22.6 Å². The van der Waals surface area contributed by atoms with E-state index in [2.05, 4.69) is 15.9 Å². The van der Waals surface area contributed by atoms with Gasteiger partial charge in [-0.1, -0.05) is 27.5 Å². The van der Waals surface area contributed by atoms with Gasteiger partial charge in [0.25, 0.3) is 0 Å². The molecule has 0 aliphatic rings. The molecule has 0 radical (unpaired) electrons. The topological polar surface area (TPSA) is 26.3 Å². The fourth-order valence-corrected chi connectivity index (χ4v) is 1.79. The van der Waals surface area contributed by atoms with Gasteiger partial charge in [0, 0.05) is 15.6 Å². The third kappa shape index (κ3) is 1.86. The molecule has 0 N–H and O–H groups in total. The maximum atomic E-state index is 10.6. The Labute approximate surface area is 90.0 Å². The molecule has 1 aromatic rings. The van der Waals surface area contributed by atoms with E-state index < -0.39 is 0 Å². The number of halogens is 2. The minimum Gasteiger partial charge on any atom is -0.495 e. The Balaban J connectivity index is 3.47. The van der Waals surface area contributed by atoms with Gasteiger partial charge < -0.3 is 4.74 Å². The lowest BCUT2D eigenvalue weighted by atomic mass is 10.1. The first-order valence-electron chi connectivity index (χ1n) is 3.59. The zero-order valence-corrected chi connectivity index (χ0v) is 9.57. The van der Waals surface area contributed by atoms with E-state index in [1.807, 2.05) is 6.92 Å². The summed E-state index contributed by atoms with van der Waals surface area (Å²) in [6.45, 7) is 1.86. The molecule has 0 amide bonds. The Morgan fingerprint density at radius 1 is 1.62 bits per heavy atom. The predicted molar refractivity (Wildman–Crippen MR) is 55.8 cm³/mol. The van der Waals surface area contributed by atoms with Gasteiger partial charge in [-0.15, -0.1) is 0 Å². The average Bonchev–Trinajstić information content (AvgIpc) is 2.12. The highest BCUT2D eigenvalue weighted by Gasteiger charge is 2.12. The second-order valence-corrected chi connectivity index (χ2v) is 3.77. The molecule has 1 rings (SSSR count). The van der Waals surface area contributed by atoms with Crippen molar-refractivity contribution in [2.75, 3.05) is 7.11 Å². The predicted octanol–water partition coefficient (Wildman–Crippen LogP) is 3.23. The van der Waals surface area contributed by atoms with Gasteiger partial charge in [-0.25, -0.2) is 0 Å². The number of ether oxygens (including phenoxy) is 1. The zero-order valence-electron chi connectivity index (χ0n) is 7.23. The Morgan fingerprint density at radius 3 is 2.69 bits per heavy atom. The molecule has 0 aliphatic carbocycles. The summed E-state index contributed by atoms with van der Waals surface area (Å²) in [6, 6.07) is 1.67. The molecule has 70 valence electrons. The van der Waals surface area contributed by atoms with E-state index in [9.17, 15) is 4.79 Å². The number of carbonyl (C=O) groups is 1. The molecule has 0 spiro atoms. The van der Waals surface area contributed by atoms with E-state index >= 15 is 0 Å². The standard InChI is InChI=1S/C9H8BrClO2/c1-5-7(10)3-6(4-12)8(11)9(5)13-2/h3-4H,1-2H3. The molecular formula is C9H8BrClO2. The third-order valence-corrected chi connectivity index (χ3v) is 2.98. The first-order valence-corrected chi connectivity index (χ1v) is 4.76. The van der Waals surface area contributed by atoms with E-state index in [0.717, 1.165) is 10.0 Å². The van der Waals surface area contributed by atoms with Crippen molar-refractivity contribution in [3.8, 4) is 5.75 Å². The van der Waals surface area contributed by atoms with Crippen LogP contribution in [0.1, 0.15) is 15.9 Å². The number of carbonyl (C=O) groups excluding carboxylic acids is 1. The molecule has 0 heterocycles. The van der Waals surface area contributed by atoms with Crippen LogP contribution in [-0.2, 0) is 0 Å². The van der Waals surface area contributed by atoms with Crippen LogP contribution in [0.2, 0.25) is 5.02 Å². The summed E-state index contributed by atoms with van der Waals surface area (Å²) in [5.74, 6) is 0.540. The normalized spacial score (nSPS) is 9.85. The summed E-state index contributed by atoms with van der Waals surface area (Å²) in [6.07, 6.45) is 0.703. The van der Waals surface area contributed by atoms with Crippen LogP contribution in [0.15, 0.2) is 10.5 Å². The van der Waals surface area contributed by atoms with Gasteiger partial charge in [0.05, 0.1) is 12.1 Å². The number of rotatable bonds is 2. The molecule has 0 bridgehead atoms. The molecule has 0 aliphatic heterocycles. The van der Waals surface area contributed by atoms with E-state index in [1.54, 1.807) is 6.07 Å². The van der Waals surface area contributed by atoms with Gasteiger partial charge in [-0.2, -0.15) is 0 Å². The van der Waals surface area contributed by atoms with Crippen LogP contribution in [0.4, 0.5) is 0 Å². The molecule has 0 aromatic heterocycles. The van der Waals surface area contributed by atoms with E-state index in [-0.39, 0.29) is 0 Å². The zero-order chi connectivity index (χ0) is 10.0. The smallest absolute Gasteiger partial charge is 0.151 e. The molecule has 0 saturated heterocycles. The first kappa shape index (κ1) is 10.5. The van der Waals surface area contributed by atoms with Gasteiger partial charge in [0.2, 0.25) is 0 Å². The first-order chi connectivity index (χ1) is 6.11. The van der Waals surface area contributed by atoms with Crippen molar-refractivity contribution in [2.45, 2.75) is 6.92 Å². The summed E-state index contributed by atoms with van der Waals surface area (Å²) < 4.78 is 5.89. The number of methoxy groups -OCH3 is 1. The van der Waals surface area contributed by atoms with Crippen molar-refractivity contribution in [3.63, 3.8) is 0 Å². The molecular weight excluding hydrogens is 255 g/mol. The Hall–Kier alpha value is -0.540. The highest BCUT2D eigenvalue weighted by molar-refractivity contribution is 9.10. The molecule has 0 saturated carbocycles. The minimum absolute atomic E-state index is 0.359. The van der Waals surface area contributed by atoms with Crippen molar-refractivity contribution in [2.24, 2.45) is 0 Å². The molecule has 0 atom stereocenters. The maximum absolute atomic E-state index is 10.6. The summed E-state index contributed by atoms with van der Waals surface area (Å²) >= 11 is 9.22. The van der Waals surface area contributed by atoms with Gasteiger partial charge in [-0.05, 0) is 13.0 Å². The monoisotopic (exact) mass is 262 g/mol. The fourth-order valence-electron chi connectivity index (χ4n) is 1.04. The highest BCUT2D eigenvalue weighted by atomic mass is 79.9. The number of aldehydes is 1. The minimum atomic E-state index is 0.359. The second kappa shape index (κ2) is 4.11. The number of hydrogen-bond acceptors (Lipinski definition) is 2. The molecule has 2 nitrogen and oxygen atoms in total. The summed E-state index contributed by atoms with van der Waals surface area (Å²) in [4.78, 5) is 10.6. The molecule has 0 fully saturated rings. The Bertz CT molecular complexity index is 350. The van der Waals surface area contributed by atoms with E-state index in [1.165, 1.54) is 7.11 Å². The Kier molecular flexibility index (Phi) is 3.33.